The Morgan fingerprint density at radius 1 is 1.26 bits per heavy atom. The largest absolute Gasteiger partial charge is 0.497 e. The van der Waals surface area contributed by atoms with Gasteiger partial charge in [-0.15, -0.1) is 0 Å². The minimum Gasteiger partial charge on any atom is -0.497 e. The quantitative estimate of drug-likeness (QED) is 0.776. The van der Waals surface area contributed by atoms with Gasteiger partial charge in [-0.3, -0.25) is 4.98 Å². The lowest BCUT2D eigenvalue weighted by Gasteiger charge is -2.08. The zero-order valence-corrected chi connectivity index (χ0v) is 11.2. The van der Waals surface area contributed by atoms with Crippen LogP contribution in [0.5, 0.6) is 5.75 Å². The van der Waals surface area contributed by atoms with Crippen LogP contribution >= 0.6 is 0 Å². The van der Waals surface area contributed by atoms with Gasteiger partial charge in [-0.25, -0.2) is 0 Å². The number of rotatable bonds is 7. The van der Waals surface area contributed by atoms with Gasteiger partial charge in [0.05, 0.1) is 12.8 Å². The third-order valence-corrected chi connectivity index (χ3v) is 2.59. The zero-order chi connectivity index (χ0) is 14.3. The van der Waals surface area contributed by atoms with Gasteiger partial charge in [0.25, 0.3) is 0 Å². The van der Waals surface area contributed by atoms with Gasteiger partial charge in [-0.05, 0) is 26.3 Å². The normalized spacial score (nSPS) is 11.6. The molecule has 0 saturated carbocycles. The number of aryl methyl sites for hydroxylation is 1. The maximum absolute atomic E-state index is 11.9. The van der Waals surface area contributed by atoms with Crippen molar-refractivity contribution in [3.63, 3.8) is 0 Å². The topological polar surface area (TPSA) is 34.1 Å². The van der Waals surface area contributed by atoms with Crippen LogP contribution in [0.15, 0.2) is 12.1 Å². The predicted molar refractivity (Wildman–Crippen MR) is 67.1 cm³/mol. The molecule has 0 aliphatic carbocycles. The molecule has 0 spiro atoms. The monoisotopic (exact) mass is 276 g/mol. The number of methoxy groups -OCH3 is 1. The highest BCUT2D eigenvalue weighted by Gasteiger charge is 2.25. The molecule has 6 heteroatoms. The van der Waals surface area contributed by atoms with Crippen LogP contribution in [0.3, 0.4) is 0 Å². The number of unbranched alkanes of at least 4 members (excludes halogenated alkanes) is 1. The molecule has 108 valence electrons. The fourth-order valence-electron chi connectivity index (χ4n) is 1.70. The zero-order valence-electron chi connectivity index (χ0n) is 11.2. The Balaban J connectivity index is 2.24. The van der Waals surface area contributed by atoms with Crippen molar-refractivity contribution in [1.82, 2.24) is 10.3 Å². The van der Waals surface area contributed by atoms with Crippen LogP contribution < -0.4 is 10.1 Å². The molecule has 0 fully saturated rings. The summed E-state index contributed by atoms with van der Waals surface area (Å²) >= 11 is 0. The molecule has 0 saturated heterocycles. The summed E-state index contributed by atoms with van der Waals surface area (Å²) in [5.41, 5.74) is 1.68. The first-order chi connectivity index (χ1) is 8.90. The SMILES string of the molecule is COc1cc(C)nc(CNCCCCC(F)(F)F)c1. The number of alkyl halides is 3. The molecule has 1 aromatic heterocycles. The van der Waals surface area contributed by atoms with Crippen molar-refractivity contribution in [2.45, 2.75) is 38.9 Å². The lowest BCUT2D eigenvalue weighted by Crippen LogP contribution is -2.17. The third-order valence-electron chi connectivity index (χ3n) is 2.59. The molecule has 0 aliphatic heterocycles. The van der Waals surface area contributed by atoms with Gasteiger partial charge in [0.15, 0.2) is 0 Å². The standard InChI is InChI=1S/C13H19F3N2O/c1-10-7-12(19-2)8-11(18-10)9-17-6-4-3-5-13(14,15)16/h7-8,17H,3-6,9H2,1-2H3. The van der Waals surface area contributed by atoms with Gasteiger partial charge in [-0.1, -0.05) is 0 Å². The number of hydrogen-bond acceptors (Lipinski definition) is 3. The molecule has 0 bridgehead atoms. The van der Waals surface area contributed by atoms with Crippen LogP contribution in [-0.2, 0) is 6.54 Å². The van der Waals surface area contributed by atoms with Crippen LogP contribution in [0.2, 0.25) is 0 Å². The Bertz CT molecular complexity index is 394. The summed E-state index contributed by atoms with van der Waals surface area (Å²) in [5, 5.41) is 3.08. The van der Waals surface area contributed by atoms with E-state index < -0.39 is 12.6 Å². The second kappa shape index (κ2) is 7.33. The molecule has 3 nitrogen and oxygen atoms in total. The van der Waals surface area contributed by atoms with E-state index in [0.717, 1.165) is 17.1 Å². The number of nitrogens with zero attached hydrogens (tertiary/aromatic N) is 1. The average molecular weight is 276 g/mol. The highest BCUT2D eigenvalue weighted by atomic mass is 19.4. The summed E-state index contributed by atoms with van der Waals surface area (Å²) in [6.07, 6.45) is -4.11. The smallest absolute Gasteiger partial charge is 0.389 e. The maximum atomic E-state index is 11.9. The second-order valence-electron chi connectivity index (χ2n) is 4.39. The molecule has 0 aliphatic rings. The minimum atomic E-state index is -4.05. The third kappa shape index (κ3) is 7.00. The average Bonchev–Trinajstić information content (AvgIpc) is 2.31. The van der Waals surface area contributed by atoms with Gasteiger partial charge < -0.3 is 10.1 Å². The molecular formula is C13H19F3N2O. The van der Waals surface area contributed by atoms with E-state index in [2.05, 4.69) is 10.3 Å². The van der Waals surface area contributed by atoms with E-state index in [0.29, 0.717) is 19.5 Å². The van der Waals surface area contributed by atoms with E-state index in [1.54, 1.807) is 7.11 Å². The van der Waals surface area contributed by atoms with Gasteiger partial charge in [0.2, 0.25) is 0 Å². The molecule has 1 heterocycles. The highest BCUT2D eigenvalue weighted by molar-refractivity contribution is 5.26. The molecule has 0 aromatic carbocycles. The molecule has 19 heavy (non-hydrogen) atoms. The lowest BCUT2D eigenvalue weighted by atomic mass is 10.2. The molecule has 1 N–H and O–H groups in total. The van der Waals surface area contributed by atoms with E-state index in [1.165, 1.54) is 0 Å². The molecule has 1 aromatic rings. The van der Waals surface area contributed by atoms with Gasteiger partial charge >= 0.3 is 6.18 Å². The summed E-state index contributed by atoms with van der Waals surface area (Å²) < 4.78 is 40.9. The van der Waals surface area contributed by atoms with E-state index >= 15 is 0 Å². The Kier molecular flexibility index (Phi) is 6.08. The molecule has 1 rings (SSSR count). The van der Waals surface area contributed by atoms with Crippen molar-refractivity contribution < 1.29 is 17.9 Å². The Labute approximate surface area is 111 Å². The first-order valence-electron chi connectivity index (χ1n) is 6.20. The van der Waals surface area contributed by atoms with Crippen molar-refractivity contribution in [3.8, 4) is 5.75 Å². The molecule has 0 radical (unpaired) electrons. The Morgan fingerprint density at radius 3 is 2.63 bits per heavy atom. The lowest BCUT2D eigenvalue weighted by molar-refractivity contribution is -0.135. The fourth-order valence-corrected chi connectivity index (χ4v) is 1.70. The van der Waals surface area contributed by atoms with Crippen molar-refractivity contribution in [2.75, 3.05) is 13.7 Å². The molecule has 0 amide bonds. The van der Waals surface area contributed by atoms with E-state index in [-0.39, 0.29) is 6.42 Å². The summed E-state index contributed by atoms with van der Waals surface area (Å²) in [7, 11) is 1.59. The van der Waals surface area contributed by atoms with Crippen LogP contribution in [0.1, 0.15) is 30.7 Å². The molecule has 0 unspecified atom stereocenters. The van der Waals surface area contributed by atoms with E-state index in [9.17, 15) is 13.2 Å². The van der Waals surface area contributed by atoms with Crippen LogP contribution in [0.4, 0.5) is 13.2 Å². The number of nitrogens with one attached hydrogen (secondary N) is 1. The van der Waals surface area contributed by atoms with Crippen molar-refractivity contribution in [1.29, 1.82) is 0 Å². The molecule has 0 atom stereocenters. The Hall–Kier alpha value is -1.30. The van der Waals surface area contributed by atoms with Gasteiger partial charge in [0.1, 0.15) is 5.75 Å². The number of ether oxygens (including phenoxy) is 1. The highest BCUT2D eigenvalue weighted by Crippen LogP contribution is 2.21. The predicted octanol–water partition coefficient (Wildman–Crippen LogP) is 3.22. The number of halogens is 3. The van der Waals surface area contributed by atoms with Crippen LogP contribution in [-0.4, -0.2) is 24.8 Å². The van der Waals surface area contributed by atoms with Crippen LogP contribution in [0.25, 0.3) is 0 Å². The summed E-state index contributed by atoms with van der Waals surface area (Å²) in [4.78, 5) is 4.32. The van der Waals surface area contributed by atoms with Crippen LogP contribution in [0, 0.1) is 6.92 Å². The first-order valence-corrected chi connectivity index (χ1v) is 6.20. The molecular weight excluding hydrogens is 257 g/mol. The maximum Gasteiger partial charge on any atom is 0.389 e. The summed E-state index contributed by atoms with van der Waals surface area (Å²) in [5.74, 6) is 0.737. The summed E-state index contributed by atoms with van der Waals surface area (Å²) in [6, 6.07) is 3.64. The number of aromatic nitrogens is 1. The summed E-state index contributed by atoms with van der Waals surface area (Å²) in [6.45, 7) is 2.95. The van der Waals surface area contributed by atoms with Gasteiger partial charge in [0, 0.05) is 30.8 Å². The Morgan fingerprint density at radius 2 is 2.00 bits per heavy atom. The first kappa shape index (κ1) is 15.8. The minimum absolute atomic E-state index is 0.154. The van der Waals surface area contributed by atoms with Crippen molar-refractivity contribution in [2.24, 2.45) is 0 Å². The van der Waals surface area contributed by atoms with Gasteiger partial charge in [-0.2, -0.15) is 13.2 Å². The van der Waals surface area contributed by atoms with E-state index in [4.69, 9.17) is 4.74 Å². The fraction of sp³-hybridized carbons (Fsp3) is 0.615. The second-order valence-corrected chi connectivity index (χ2v) is 4.39. The van der Waals surface area contributed by atoms with E-state index in [1.807, 2.05) is 19.1 Å². The number of hydrogen-bond donors (Lipinski definition) is 1. The van der Waals surface area contributed by atoms with Crippen molar-refractivity contribution >= 4 is 0 Å². The van der Waals surface area contributed by atoms with Crippen molar-refractivity contribution in [3.05, 3.63) is 23.5 Å². The number of pyridine rings is 1.